The maximum absolute atomic E-state index is 11.2. The zero-order valence-electron chi connectivity index (χ0n) is 11.4. The van der Waals surface area contributed by atoms with Crippen molar-refractivity contribution in [1.82, 2.24) is 14.8 Å². The maximum Gasteiger partial charge on any atom is 0.312 e. The van der Waals surface area contributed by atoms with Crippen molar-refractivity contribution in [2.24, 2.45) is 7.05 Å². The Morgan fingerprint density at radius 1 is 1.57 bits per heavy atom. The molecule has 1 aromatic carbocycles. The number of aromatic nitrogens is 3. The number of aliphatic hydroxyl groups excluding tert-OH is 1. The van der Waals surface area contributed by atoms with Crippen LogP contribution in [-0.2, 0) is 13.7 Å². The van der Waals surface area contributed by atoms with Gasteiger partial charge in [-0.2, -0.15) is 0 Å². The Hall–Kier alpha value is -2.00. The third-order valence-corrected chi connectivity index (χ3v) is 3.32. The Morgan fingerprint density at radius 3 is 2.81 bits per heavy atom. The van der Waals surface area contributed by atoms with Gasteiger partial charge in [0.25, 0.3) is 0 Å². The summed E-state index contributed by atoms with van der Waals surface area (Å²) in [4.78, 5) is 10.6. The third-order valence-electron chi connectivity index (χ3n) is 2.86. The summed E-state index contributed by atoms with van der Waals surface area (Å²) in [5.74, 6) is 0.546. The van der Waals surface area contributed by atoms with Crippen LogP contribution in [0, 0.1) is 10.1 Å². The number of nitro groups is 1. The van der Waals surface area contributed by atoms with Gasteiger partial charge in [0, 0.05) is 23.2 Å². The second kappa shape index (κ2) is 6.19. The van der Waals surface area contributed by atoms with E-state index in [1.807, 2.05) is 0 Å². The van der Waals surface area contributed by atoms with Crippen molar-refractivity contribution in [2.45, 2.75) is 19.6 Å². The fourth-order valence-electron chi connectivity index (χ4n) is 1.78. The number of benzene rings is 1. The molecule has 2 aromatic rings. The highest BCUT2D eigenvalue weighted by Gasteiger charge is 2.23. The van der Waals surface area contributed by atoms with Crippen LogP contribution < -0.4 is 4.74 Å². The molecular formula is C12H13BrN4O4. The minimum absolute atomic E-state index is 0.0126. The number of nitrogens with zero attached hydrogens (tertiary/aromatic N) is 4. The molecule has 0 amide bonds. The van der Waals surface area contributed by atoms with E-state index in [2.05, 4.69) is 26.1 Å². The van der Waals surface area contributed by atoms with Gasteiger partial charge in [-0.05, 0) is 13.0 Å². The highest BCUT2D eigenvalue weighted by molar-refractivity contribution is 9.10. The van der Waals surface area contributed by atoms with Gasteiger partial charge in [0.05, 0.1) is 11.0 Å². The molecule has 0 aliphatic rings. The first kappa shape index (κ1) is 15.4. The van der Waals surface area contributed by atoms with Crippen LogP contribution in [0.4, 0.5) is 5.69 Å². The molecule has 112 valence electrons. The normalized spacial score (nSPS) is 12.2. The van der Waals surface area contributed by atoms with Gasteiger partial charge in [0.1, 0.15) is 12.9 Å². The molecular weight excluding hydrogens is 344 g/mol. The van der Waals surface area contributed by atoms with Crippen LogP contribution >= 0.6 is 15.9 Å². The van der Waals surface area contributed by atoms with E-state index in [0.717, 1.165) is 0 Å². The number of hydrogen-bond donors (Lipinski definition) is 1. The lowest BCUT2D eigenvalue weighted by atomic mass is 10.1. The molecule has 0 spiro atoms. The van der Waals surface area contributed by atoms with Gasteiger partial charge in [-0.3, -0.25) is 10.1 Å². The van der Waals surface area contributed by atoms with Crippen molar-refractivity contribution in [2.75, 3.05) is 0 Å². The average molecular weight is 357 g/mol. The van der Waals surface area contributed by atoms with Crippen molar-refractivity contribution in [3.63, 3.8) is 0 Å². The Balaban J connectivity index is 2.40. The first-order valence-electron chi connectivity index (χ1n) is 6.01. The van der Waals surface area contributed by atoms with Crippen LogP contribution in [0.2, 0.25) is 0 Å². The standard InChI is InChI=1S/C12H13BrN4O4/c1-7(18)9-3-8(13)4-10(17(19)20)12(9)21-5-11-15-14-6-16(11)2/h3-4,6-7,18H,5H2,1-2H3/t7-/m0/s1. The lowest BCUT2D eigenvalue weighted by Gasteiger charge is -2.14. The maximum atomic E-state index is 11.2. The van der Waals surface area contributed by atoms with Crippen LogP contribution in [0.3, 0.4) is 0 Å². The second-order valence-corrected chi connectivity index (χ2v) is 5.34. The number of rotatable bonds is 5. The largest absolute Gasteiger partial charge is 0.478 e. The van der Waals surface area contributed by atoms with Gasteiger partial charge >= 0.3 is 5.69 Å². The summed E-state index contributed by atoms with van der Waals surface area (Å²) < 4.78 is 7.67. The van der Waals surface area contributed by atoms with Crippen molar-refractivity contribution in [3.05, 3.63) is 44.4 Å². The Labute approximate surface area is 128 Å². The van der Waals surface area contributed by atoms with E-state index >= 15 is 0 Å². The zero-order chi connectivity index (χ0) is 15.6. The summed E-state index contributed by atoms with van der Waals surface area (Å²) in [6, 6.07) is 2.92. The molecule has 0 fully saturated rings. The number of halogens is 1. The minimum atomic E-state index is -0.907. The fraction of sp³-hybridized carbons (Fsp3) is 0.333. The molecule has 1 aromatic heterocycles. The van der Waals surface area contributed by atoms with E-state index in [4.69, 9.17) is 4.74 Å². The van der Waals surface area contributed by atoms with Crippen molar-refractivity contribution in [1.29, 1.82) is 0 Å². The molecule has 1 atom stereocenters. The molecule has 0 radical (unpaired) electrons. The predicted octanol–water partition coefficient (Wildman–Crippen LogP) is 2.12. The SMILES string of the molecule is C[C@H](O)c1cc(Br)cc([N+](=O)[O-])c1OCc1nncn1C. The summed E-state index contributed by atoms with van der Waals surface area (Å²) >= 11 is 3.19. The van der Waals surface area contributed by atoms with Crippen molar-refractivity contribution < 1.29 is 14.8 Å². The molecule has 1 heterocycles. The Morgan fingerprint density at radius 2 is 2.29 bits per heavy atom. The molecule has 0 aliphatic carbocycles. The molecule has 0 aliphatic heterocycles. The van der Waals surface area contributed by atoms with Gasteiger partial charge in [0.2, 0.25) is 5.75 Å². The zero-order valence-corrected chi connectivity index (χ0v) is 12.9. The van der Waals surface area contributed by atoms with Crippen molar-refractivity contribution in [3.8, 4) is 5.75 Å². The van der Waals surface area contributed by atoms with Gasteiger partial charge in [-0.15, -0.1) is 10.2 Å². The lowest BCUT2D eigenvalue weighted by molar-refractivity contribution is -0.386. The van der Waals surface area contributed by atoms with E-state index in [1.54, 1.807) is 17.7 Å². The van der Waals surface area contributed by atoms with E-state index < -0.39 is 11.0 Å². The van der Waals surface area contributed by atoms with Crippen LogP contribution in [-0.4, -0.2) is 24.8 Å². The summed E-state index contributed by atoms with van der Waals surface area (Å²) in [5, 5.41) is 28.5. The summed E-state index contributed by atoms with van der Waals surface area (Å²) in [6.45, 7) is 1.53. The van der Waals surface area contributed by atoms with Crippen LogP contribution in [0.25, 0.3) is 0 Å². The molecule has 8 nitrogen and oxygen atoms in total. The van der Waals surface area contributed by atoms with E-state index in [9.17, 15) is 15.2 Å². The van der Waals surface area contributed by atoms with E-state index in [0.29, 0.717) is 15.9 Å². The summed E-state index contributed by atoms with van der Waals surface area (Å²) in [5.41, 5.74) is 0.112. The Kier molecular flexibility index (Phi) is 4.53. The van der Waals surface area contributed by atoms with Gasteiger partial charge in [0.15, 0.2) is 5.82 Å². The fourth-order valence-corrected chi connectivity index (χ4v) is 2.24. The molecule has 9 heteroatoms. The Bertz CT molecular complexity index is 671. The van der Waals surface area contributed by atoms with Crippen LogP contribution in [0.15, 0.2) is 22.9 Å². The first-order chi connectivity index (χ1) is 9.90. The van der Waals surface area contributed by atoms with Gasteiger partial charge in [-0.25, -0.2) is 0 Å². The third kappa shape index (κ3) is 3.37. The number of aliphatic hydroxyl groups is 1. The smallest absolute Gasteiger partial charge is 0.312 e. The summed E-state index contributed by atoms with van der Waals surface area (Å²) in [7, 11) is 1.74. The topological polar surface area (TPSA) is 103 Å². The summed E-state index contributed by atoms with van der Waals surface area (Å²) in [6.07, 6.45) is 0.597. The molecule has 0 bridgehead atoms. The molecule has 0 saturated carbocycles. The first-order valence-corrected chi connectivity index (χ1v) is 6.81. The quantitative estimate of drug-likeness (QED) is 0.649. The van der Waals surface area contributed by atoms with E-state index in [1.165, 1.54) is 19.3 Å². The predicted molar refractivity (Wildman–Crippen MR) is 76.8 cm³/mol. The highest BCUT2D eigenvalue weighted by atomic mass is 79.9. The van der Waals surface area contributed by atoms with Crippen molar-refractivity contribution >= 4 is 21.6 Å². The lowest BCUT2D eigenvalue weighted by Crippen LogP contribution is -2.07. The number of nitro benzene ring substituents is 1. The molecule has 2 rings (SSSR count). The van der Waals surface area contributed by atoms with Crippen LogP contribution in [0.1, 0.15) is 24.4 Å². The number of aryl methyl sites for hydroxylation is 1. The van der Waals surface area contributed by atoms with E-state index in [-0.39, 0.29) is 18.0 Å². The minimum Gasteiger partial charge on any atom is -0.478 e. The molecule has 21 heavy (non-hydrogen) atoms. The van der Waals surface area contributed by atoms with Gasteiger partial charge < -0.3 is 14.4 Å². The number of ether oxygens (including phenoxy) is 1. The molecule has 0 saturated heterocycles. The molecule has 1 N–H and O–H groups in total. The van der Waals surface area contributed by atoms with Crippen LogP contribution in [0.5, 0.6) is 5.75 Å². The highest BCUT2D eigenvalue weighted by Crippen LogP contribution is 2.38. The number of hydrogen-bond acceptors (Lipinski definition) is 6. The monoisotopic (exact) mass is 356 g/mol. The second-order valence-electron chi connectivity index (χ2n) is 4.42. The molecule has 0 unspecified atom stereocenters. The van der Waals surface area contributed by atoms with Gasteiger partial charge in [-0.1, -0.05) is 15.9 Å². The average Bonchev–Trinajstić information content (AvgIpc) is 2.81.